The molecule has 2 aliphatic rings. The molecule has 0 aromatic rings. The lowest BCUT2D eigenvalue weighted by atomic mass is 10.0. The highest BCUT2D eigenvalue weighted by atomic mass is 32.2. The molecule has 0 saturated carbocycles. The second kappa shape index (κ2) is 4.39. The van der Waals surface area contributed by atoms with Crippen molar-refractivity contribution in [3.8, 4) is 0 Å². The van der Waals surface area contributed by atoms with Gasteiger partial charge in [-0.05, 0) is 32.2 Å². The van der Waals surface area contributed by atoms with Crippen LogP contribution in [0, 0.1) is 0 Å². The van der Waals surface area contributed by atoms with Crippen molar-refractivity contribution in [1.82, 2.24) is 4.90 Å². The number of hydrogen-bond donors (Lipinski definition) is 1. The molecular weight excluding hydrogens is 212 g/mol. The minimum Gasteiger partial charge on any atom is -0.327 e. The van der Waals surface area contributed by atoms with Crippen molar-refractivity contribution in [2.24, 2.45) is 5.73 Å². The molecule has 2 fully saturated rings. The van der Waals surface area contributed by atoms with Gasteiger partial charge in [-0.3, -0.25) is 4.90 Å². The smallest absolute Gasteiger partial charge is 0.150 e. The lowest BCUT2D eigenvalue weighted by molar-refractivity contribution is 0.140. The minimum absolute atomic E-state index is 0.289. The number of piperidine rings is 1. The highest BCUT2D eigenvalue weighted by molar-refractivity contribution is 7.91. The molecule has 2 N–H and O–H groups in total. The van der Waals surface area contributed by atoms with Gasteiger partial charge in [0.2, 0.25) is 0 Å². The van der Waals surface area contributed by atoms with Crippen LogP contribution in [-0.2, 0) is 9.84 Å². The van der Waals surface area contributed by atoms with E-state index in [1.807, 2.05) is 0 Å². The van der Waals surface area contributed by atoms with Crippen molar-refractivity contribution < 1.29 is 8.42 Å². The Morgan fingerprint density at radius 2 is 1.80 bits per heavy atom. The second-order valence-corrected chi connectivity index (χ2v) is 7.08. The van der Waals surface area contributed by atoms with Gasteiger partial charge in [0.25, 0.3) is 0 Å². The monoisotopic (exact) mass is 232 g/mol. The molecule has 0 aromatic heterocycles. The maximum atomic E-state index is 11.3. The van der Waals surface area contributed by atoms with Crippen LogP contribution in [0.25, 0.3) is 0 Å². The first kappa shape index (κ1) is 11.4. The van der Waals surface area contributed by atoms with Crippen LogP contribution in [0.4, 0.5) is 0 Å². The zero-order valence-corrected chi connectivity index (χ0v) is 9.88. The van der Waals surface area contributed by atoms with E-state index in [1.165, 1.54) is 0 Å². The fourth-order valence-electron chi connectivity index (χ4n) is 2.61. The summed E-state index contributed by atoms with van der Waals surface area (Å²) in [6, 6.07) is 0.747. The van der Waals surface area contributed by atoms with E-state index >= 15 is 0 Å². The van der Waals surface area contributed by atoms with E-state index in [9.17, 15) is 8.42 Å². The van der Waals surface area contributed by atoms with Crippen LogP contribution < -0.4 is 5.73 Å². The summed E-state index contributed by atoms with van der Waals surface area (Å²) in [4.78, 5) is 2.39. The number of likely N-dealkylation sites (tertiary alicyclic amines) is 1. The SMILES string of the molecule is N[C@@H]1CCCN(C2CCS(=O)(=O)CC2)C1. The summed E-state index contributed by atoms with van der Waals surface area (Å²) in [5, 5.41) is 0. The van der Waals surface area contributed by atoms with E-state index in [2.05, 4.69) is 4.90 Å². The van der Waals surface area contributed by atoms with Gasteiger partial charge >= 0.3 is 0 Å². The molecule has 4 nitrogen and oxygen atoms in total. The summed E-state index contributed by atoms with van der Waals surface area (Å²) in [6.07, 6.45) is 3.87. The van der Waals surface area contributed by atoms with Crippen LogP contribution in [-0.4, -0.2) is 50.0 Å². The highest BCUT2D eigenvalue weighted by Gasteiger charge is 2.29. The summed E-state index contributed by atoms with van der Waals surface area (Å²) in [7, 11) is -2.73. The molecular formula is C10H20N2O2S. The lowest BCUT2D eigenvalue weighted by Gasteiger charge is -2.38. The van der Waals surface area contributed by atoms with Gasteiger partial charge in [-0.15, -0.1) is 0 Å². The van der Waals surface area contributed by atoms with Crippen LogP contribution in [0.15, 0.2) is 0 Å². The number of nitrogens with zero attached hydrogens (tertiary/aromatic N) is 1. The fraction of sp³-hybridized carbons (Fsp3) is 1.00. The molecule has 1 atom stereocenters. The fourth-order valence-corrected chi connectivity index (χ4v) is 4.08. The summed E-state index contributed by atoms with van der Waals surface area (Å²) >= 11 is 0. The van der Waals surface area contributed by atoms with Gasteiger partial charge < -0.3 is 5.73 Å². The molecule has 2 rings (SSSR count). The van der Waals surface area contributed by atoms with Crippen LogP contribution in [0.3, 0.4) is 0 Å². The van der Waals surface area contributed by atoms with E-state index in [0.717, 1.165) is 38.8 Å². The molecule has 2 saturated heterocycles. The quantitative estimate of drug-likeness (QED) is 0.690. The second-order valence-electron chi connectivity index (χ2n) is 4.78. The molecule has 88 valence electrons. The molecule has 0 unspecified atom stereocenters. The van der Waals surface area contributed by atoms with Gasteiger partial charge in [0.05, 0.1) is 11.5 Å². The average Bonchev–Trinajstić information content (AvgIpc) is 2.17. The molecule has 2 heterocycles. The van der Waals surface area contributed by atoms with Crippen LogP contribution >= 0.6 is 0 Å². The van der Waals surface area contributed by atoms with Crippen LogP contribution in [0.1, 0.15) is 25.7 Å². The Balaban J connectivity index is 1.90. The van der Waals surface area contributed by atoms with Gasteiger partial charge in [-0.1, -0.05) is 0 Å². The standard InChI is InChI=1S/C10H20N2O2S/c11-9-2-1-5-12(8-9)10-3-6-15(13,14)7-4-10/h9-10H,1-8,11H2/t9-/m1/s1. The van der Waals surface area contributed by atoms with Gasteiger partial charge in [0.1, 0.15) is 9.84 Å². The van der Waals surface area contributed by atoms with E-state index in [4.69, 9.17) is 5.73 Å². The van der Waals surface area contributed by atoms with Gasteiger partial charge in [0, 0.05) is 18.6 Å². The predicted octanol–water partition coefficient (Wildman–Crippen LogP) is -0.0133. The van der Waals surface area contributed by atoms with Gasteiger partial charge in [0.15, 0.2) is 0 Å². The molecule has 0 aromatic carbocycles. The molecule has 0 amide bonds. The topological polar surface area (TPSA) is 63.4 Å². The Morgan fingerprint density at radius 1 is 1.13 bits per heavy atom. The normalized spacial score (nSPS) is 34.1. The van der Waals surface area contributed by atoms with Crippen molar-refractivity contribution in [2.45, 2.75) is 37.8 Å². The van der Waals surface area contributed by atoms with E-state index in [1.54, 1.807) is 0 Å². The summed E-state index contributed by atoms with van der Waals surface area (Å²) in [6.45, 7) is 2.04. The van der Waals surface area contributed by atoms with E-state index in [-0.39, 0.29) is 6.04 Å². The molecule has 5 heteroatoms. The van der Waals surface area contributed by atoms with Crippen molar-refractivity contribution in [3.63, 3.8) is 0 Å². The Labute approximate surface area is 91.7 Å². The molecule has 0 spiro atoms. The largest absolute Gasteiger partial charge is 0.327 e. The summed E-state index contributed by atoms with van der Waals surface area (Å²) in [5.41, 5.74) is 5.93. The summed E-state index contributed by atoms with van der Waals surface area (Å²) in [5.74, 6) is 0.729. The Bertz CT molecular complexity index is 301. The minimum atomic E-state index is -2.73. The lowest BCUT2D eigenvalue weighted by Crippen LogP contribution is -2.49. The maximum absolute atomic E-state index is 11.3. The van der Waals surface area contributed by atoms with Crippen LogP contribution in [0.5, 0.6) is 0 Å². The molecule has 0 radical (unpaired) electrons. The first-order valence-corrected chi connectivity index (χ1v) is 7.59. The zero-order valence-electron chi connectivity index (χ0n) is 9.06. The third-order valence-electron chi connectivity index (χ3n) is 3.53. The van der Waals surface area contributed by atoms with E-state index in [0.29, 0.717) is 17.5 Å². The third-order valence-corrected chi connectivity index (χ3v) is 5.25. The predicted molar refractivity (Wildman–Crippen MR) is 60.5 cm³/mol. The van der Waals surface area contributed by atoms with Gasteiger partial charge in [-0.2, -0.15) is 0 Å². The Morgan fingerprint density at radius 3 is 2.40 bits per heavy atom. The number of rotatable bonds is 1. The highest BCUT2D eigenvalue weighted by Crippen LogP contribution is 2.21. The average molecular weight is 232 g/mol. The van der Waals surface area contributed by atoms with Crippen molar-refractivity contribution >= 4 is 9.84 Å². The van der Waals surface area contributed by atoms with Crippen LogP contribution in [0.2, 0.25) is 0 Å². The molecule has 0 aliphatic carbocycles. The van der Waals surface area contributed by atoms with E-state index < -0.39 is 9.84 Å². The number of hydrogen-bond acceptors (Lipinski definition) is 4. The van der Waals surface area contributed by atoms with Crippen molar-refractivity contribution in [2.75, 3.05) is 24.6 Å². The maximum Gasteiger partial charge on any atom is 0.150 e. The Kier molecular flexibility index (Phi) is 3.33. The first-order chi connectivity index (χ1) is 7.07. The third kappa shape index (κ3) is 2.92. The van der Waals surface area contributed by atoms with Gasteiger partial charge in [-0.25, -0.2) is 8.42 Å². The van der Waals surface area contributed by atoms with Crippen molar-refractivity contribution in [1.29, 1.82) is 0 Å². The molecule has 15 heavy (non-hydrogen) atoms. The molecule has 2 aliphatic heterocycles. The number of nitrogens with two attached hydrogens (primary N) is 1. The summed E-state index contributed by atoms with van der Waals surface area (Å²) < 4.78 is 22.6. The van der Waals surface area contributed by atoms with Crippen molar-refractivity contribution in [3.05, 3.63) is 0 Å². The zero-order chi connectivity index (χ0) is 10.9. The first-order valence-electron chi connectivity index (χ1n) is 5.77. The molecule has 0 bridgehead atoms. The number of sulfone groups is 1. The Hall–Kier alpha value is -0.130.